The zero-order chi connectivity index (χ0) is 17.4. The lowest BCUT2D eigenvalue weighted by Gasteiger charge is -2.26. The van der Waals surface area contributed by atoms with E-state index in [4.69, 9.17) is 23.2 Å². The Labute approximate surface area is 157 Å². The normalized spacial score (nSPS) is 14.5. The molecule has 1 aromatic rings. The van der Waals surface area contributed by atoms with Crippen LogP contribution in [-0.2, 0) is 15.3 Å². The summed E-state index contributed by atoms with van der Waals surface area (Å²) in [6, 6.07) is 5.35. The van der Waals surface area contributed by atoms with Crippen LogP contribution in [0.25, 0.3) is 0 Å². The highest BCUT2D eigenvalue weighted by Crippen LogP contribution is 2.24. The molecule has 24 heavy (non-hydrogen) atoms. The lowest BCUT2D eigenvalue weighted by atomic mass is 10.1. The maximum Gasteiger partial charge on any atom is 0.230 e. The molecule has 0 atom stereocenters. The third-order valence-electron chi connectivity index (χ3n) is 3.88. The number of nitrogens with zero attached hydrogens (tertiary/aromatic N) is 1. The number of carbonyl (C=O) groups excluding carboxylic acids is 2. The van der Waals surface area contributed by atoms with Gasteiger partial charge in [0.2, 0.25) is 11.8 Å². The fourth-order valence-electron chi connectivity index (χ4n) is 2.55. The van der Waals surface area contributed by atoms with E-state index in [-0.39, 0.29) is 11.8 Å². The molecule has 0 saturated carbocycles. The number of amides is 2. The molecule has 1 saturated heterocycles. The second-order valence-electron chi connectivity index (χ2n) is 5.77. The Morgan fingerprint density at radius 3 is 2.62 bits per heavy atom. The predicted molar refractivity (Wildman–Crippen MR) is 101 cm³/mol. The van der Waals surface area contributed by atoms with Gasteiger partial charge in [-0.3, -0.25) is 9.59 Å². The van der Waals surface area contributed by atoms with Gasteiger partial charge in [0.25, 0.3) is 0 Å². The number of hydrogen-bond donors (Lipinski definition) is 1. The highest BCUT2D eigenvalue weighted by molar-refractivity contribution is 7.99. The minimum absolute atomic E-state index is 0.0588. The van der Waals surface area contributed by atoms with Crippen molar-refractivity contribution < 1.29 is 9.59 Å². The van der Waals surface area contributed by atoms with E-state index in [1.165, 1.54) is 18.2 Å². The van der Waals surface area contributed by atoms with Gasteiger partial charge in [-0.2, -0.15) is 0 Å². The van der Waals surface area contributed by atoms with Crippen molar-refractivity contribution in [1.82, 2.24) is 10.2 Å². The molecule has 0 spiro atoms. The number of halogens is 2. The van der Waals surface area contributed by atoms with E-state index in [0.717, 1.165) is 31.5 Å². The van der Waals surface area contributed by atoms with Gasteiger partial charge in [-0.1, -0.05) is 29.3 Å². The number of benzene rings is 1. The van der Waals surface area contributed by atoms with Crippen LogP contribution in [0.4, 0.5) is 0 Å². The van der Waals surface area contributed by atoms with Crippen molar-refractivity contribution in [3.8, 4) is 0 Å². The fourth-order valence-corrected chi connectivity index (χ4v) is 3.97. The molecule has 7 heteroatoms. The van der Waals surface area contributed by atoms with Crippen LogP contribution in [0.3, 0.4) is 0 Å². The number of nitrogens with one attached hydrogen (secondary N) is 1. The van der Waals surface area contributed by atoms with Crippen LogP contribution < -0.4 is 5.32 Å². The number of thioether (sulfide) groups is 1. The Bertz CT molecular complexity index is 578. The first kappa shape index (κ1) is 19.4. The van der Waals surface area contributed by atoms with Gasteiger partial charge in [-0.15, -0.1) is 11.8 Å². The van der Waals surface area contributed by atoms with Gasteiger partial charge in [-0.05, 0) is 37.0 Å². The Morgan fingerprint density at radius 1 is 1.17 bits per heavy atom. The lowest BCUT2D eigenvalue weighted by molar-refractivity contribution is -0.132. The highest BCUT2D eigenvalue weighted by Gasteiger charge is 2.16. The summed E-state index contributed by atoms with van der Waals surface area (Å²) < 4.78 is 0. The number of likely N-dealkylation sites (tertiary alicyclic amines) is 1. The summed E-state index contributed by atoms with van der Waals surface area (Å²) in [5.74, 6) is 1.07. The van der Waals surface area contributed by atoms with E-state index >= 15 is 0 Å². The van der Waals surface area contributed by atoms with Gasteiger partial charge >= 0.3 is 0 Å². The SMILES string of the molecule is O=C(CSCc1ccc(Cl)cc1Cl)NCCC(=O)N1CCCCC1. The van der Waals surface area contributed by atoms with E-state index in [0.29, 0.717) is 34.5 Å². The summed E-state index contributed by atoms with van der Waals surface area (Å²) in [4.78, 5) is 25.7. The van der Waals surface area contributed by atoms with E-state index < -0.39 is 0 Å². The van der Waals surface area contributed by atoms with Crippen molar-refractivity contribution >= 4 is 46.8 Å². The van der Waals surface area contributed by atoms with Crippen LogP contribution in [0.5, 0.6) is 0 Å². The molecule has 0 radical (unpaired) electrons. The van der Waals surface area contributed by atoms with Crippen LogP contribution in [0.2, 0.25) is 10.0 Å². The van der Waals surface area contributed by atoms with Crippen LogP contribution in [0.15, 0.2) is 18.2 Å². The summed E-state index contributed by atoms with van der Waals surface area (Å²) in [5, 5.41) is 4.02. The van der Waals surface area contributed by atoms with Crippen molar-refractivity contribution in [2.24, 2.45) is 0 Å². The average Bonchev–Trinajstić information content (AvgIpc) is 2.57. The highest BCUT2D eigenvalue weighted by atomic mass is 35.5. The lowest BCUT2D eigenvalue weighted by Crippen LogP contribution is -2.38. The van der Waals surface area contributed by atoms with Gasteiger partial charge in [0.1, 0.15) is 0 Å². The first-order chi connectivity index (χ1) is 11.6. The molecule has 0 aliphatic carbocycles. The van der Waals surface area contributed by atoms with Crippen molar-refractivity contribution in [1.29, 1.82) is 0 Å². The molecule has 1 heterocycles. The van der Waals surface area contributed by atoms with Gasteiger partial charge < -0.3 is 10.2 Å². The predicted octanol–water partition coefficient (Wildman–Crippen LogP) is 3.75. The summed E-state index contributed by atoms with van der Waals surface area (Å²) >= 11 is 13.4. The summed E-state index contributed by atoms with van der Waals surface area (Å²) in [7, 11) is 0. The van der Waals surface area contributed by atoms with E-state index in [1.807, 2.05) is 11.0 Å². The molecule has 1 aliphatic rings. The van der Waals surface area contributed by atoms with Crippen LogP contribution in [-0.4, -0.2) is 42.1 Å². The Morgan fingerprint density at radius 2 is 1.92 bits per heavy atom. The van der Waals surface area contributed by atoms with Crippen molar-refractivity contribution in [3.63, 3.8) is 0 Å². The van der Waals surface area contributed by atoms with Crippen molar-refractivity contribution in [2.45, 2.75) is 31.4 Å². The van der Waals surface area contributed by atoms with Crippen LogP contribution in [0.1, 0.15) is 31.2 Å². The first-order valence-electron chi connectivity index (χ1n) is 8.12. The molecule has 0 aromatic heterocycles. The molecule has 0 unspecified atom stereocenters. The molecule has 0 bridgehead atoms. The van der Waals surface area contributed by atoms with E-state index in [9.17, 15) is 9.59 Å². The van der Waals surface area contributed by atoms with Gasteiger partial charge in [0.05, 0.1) is 5.75 Å². The maximum atomic E-state index is 12.0. The molecule has 2 rings (SSSR count). The smallest absolute Gasteiger partial charge is 0.230 e. The third-order valence-corrected chi connectivity index (χ3v) is 5.44. The quantitative estimate of drug-likeness (QED) is 0.773. The average molecular weight is 389 g/mol. The second-order valence-corrected chi connectivity index (χ2v) is 7.60. The fraction of sp³-hybridized carbons (Fsp3) is 0.529. The number of carbonyl (C=O) groups is 2. The monoisotopic (exact) mass is 388 g/mol. The van der Waals surface area contributed by atoms with Gasteiger partial charge in [-0.25, -0.2) is 0 Å². The summed E-state index contributed by atoms with van der Waals surface area (Å²) in [6.45, 7) is 2.10. The standard InChI is InChI=1S/C17H22Cl2N2O2S/c18-14-5-4-13(15(19)10-14)11-24-12-16(22)20-7-6-17(23)21-8-2-1-3-9-21/h4-5,10H,1-3,6-9,11-12H2,(H,20,22). The number of hydrogen-bond acceptors (Lipinski definition) is 3. The number of rotatable bonds is 7. The van der Waals surface area contributed by atoms with Crippen LogP contribution in [0, 0.1) is 0 Å². The second kappa shape index (κ2) is 10.2. The Hall–Kier alpha value is -0.910. The van der Waals surface area contributed by atoms with Gasteiger partial charge in [0, 0.05) is 41.9 Å². The largest absolute Gasteiger partial charge is 0.355 e. The minimum Gasteiger partial charge on any atom is -0.355 e. The zero-order valence-corrected chi connectivity index (χ0v) is 15.9. The topological polar surface area (TPSA) is 49.4 Å². The number of piperidine rings is 1. The molecule has 1 aliphatic heterocycles. The molecule has 1 aromatic carbocycles. The van der Waals surface area contributed by atoms with Crippen LogP contribution >= 0.6 is 35.0 Å². The molecular formula is C17H22Cl2N2O2S. The van der Waals surface area contributed by atoms with E-state index in [2.05, 4.69) is 5.32 Å². The first-order valence-corrected chi connectivity index (χ1v) is 10.0. The third kappa shape index (κ3) is 6.54. The molecule has 132 valence electrons. The summed E-state index contributed by atoms with van der Waals surface area (Å²) in [6.07, 6.45) is 3.75. The van der Waals surface area contributed by atoms with E-state index in [1.54, 1.807) is 12.1 Å². The molecular weight excluding hydrogens is 367 g/mol. The molecule has 2 amide bonds. The Kier molecular flexibility index (Phi) is 8.22. The van der Waals surface area contributed by atoms with Crippen molar-refractivity contribution in [3.05, 3.63) is 33.8 Å². The Balaban J connectivity index is 1.60. The minimum atomic E-state index is -0.0588. The van der Waals surface area contributed by atoms with Gasteiger partial charge in [0.15, 0.2) is 0 Å². The molecule has 1 N–H and O–H groups in total. The zero-order valence-electron chi connectivity index (χ0n) is 13.5. The molecule has 1 fully saturated rings. The van der Waals surface area contributed by atoms with Crippen molar-refractivity contribution in [2.75, 3.05) is 25.4 Å². The molecule has 4 nitrogen and oxygen atoms in total. The summed E-state index contributed by atoms with van der Waals surface area (Å²) in [5.41, 5.74) is 0.958. The maximum absolute atomic E-state index is 12.0.